The maximum absolute atomic E-state index is 12.7. The fourth-order valence-corrected chi connectivity index (χ4v) is 5.58. The molecule has 0 aliphatic carbocycles. The van der Waals surface area contributed by atoms with Crippen LogP contribution in [-0.2, 0) is 16.6 Å². The van der Waals surface area contributed by atoms with Gasteiger partial charge in [-0.1, -0.05) is 36.2 Å². The SMILES string of the molecule is O=C(NCCOc1ccc(S(=O)(=O)N2CCCCC2)cc1)c1ccc(OCc2ccccc2Cl)cc1. The largest absolute Gasteiger partial charge is 0.492 e. The molecule has 190 valence electrons. The summed E-state index contributed by atoms with van der Waals surface area (Å²) in [5, 5.41) is 3.46. The van der Waals surface area contributed by atoms with Gasteiger partial charge in [-0.05, 0) is 67.4 Å². The summed E-state index contributed by atoms with van der Waals surface area (Å²) in [6, 6.07) is 20.7. The van der Waals surface area contributed by atoms with Crippen molar-refractivity contribution in [2.24, 2.45) is 0 Å². The maximum Gasteiger partial charge on any atom is 0.251 e. The van der Waals surface area contributed by atoms with Crippen LogP contribution in [0.15, 0.2) is 77.7 Å². The van der Waals surface area contributed by atoms with Crippen LogP contribution in [0.25, 0.3) is 0 Å². The van der Waals surface area contributed by atoms with Gasteiger partial charge in [0, 0.05) is 29.2 Å². The van der Waals surface area contributed by atoms with Crippen LogP contribution in [0.1, 0.15) is 35.2 Å². The Kier molecular flexibility index (Phi) is 8.85. The third kappa shape index (κ3) is 6.78. The van der Waals surface area contributed by atoms with Crippen molar-refractivity contribution in [3.8, 4) is 11.5 Å². The van der Waals surface area contributed by atoms with Crippen molar-refractivity contribution in [1.29, 1.82) is 0 Å². The van der Waals surface area contributed by atoms with Gasteiger partial charge in [0.05, 0.1) is 11.4 Å². The lowest BCUT2D eigenvalue weighted by atomic mass is 10.2. The summed E-state index contributed by atoms with van der Waals surface area (Å²) in [7, 11) is -3.46. The van der Waals surface area contributed by atoms with E-state index in [1.807, 2.05) is 24.3 Å². The second-order valence-corrected chi connectivity index (χ2v) is 10.8. The summed E-state index contributed by atoms with van der Waals surface area (Å²) in [6.45, 7) is 2.03. The molecule has 1 heterocycles. The van der Waals surface area contributed by atoms with Crippen molar-refractivity contribution in [2.75, 3.05) is 26.2 Å². The van der Waals surface area contributed by atoms with Crippen LogP contribution in [0, 0.1) is 0 Å². The van der Waals surface area contributed by atoms with Crippen molar-refractivity contribution in [3.05, 3.63) is 88.9 Å². The molecule has 0 radical (unpaired) electrons. The second-order valence-electron chi connectivity index (χ2n) is 8.44. The van der Waals surface area contributed by atoms with Gasteiger partial charge in [0.15, 0.2) is 0 Å². The van der Waals surface area contributed by atoms with Gasteiger partial charge in [0.2, 0.25) is 10.0 Å². The van der Waals surface area contributed by atoms with Crippen LogP contribution in [0.5, 0.6) is 11.5 Å². The molecule has 0 atom stereocenters. The molecule has 9 heteroatoms. The molecule has 0 unspecified atom stereocenters. The molecule has 0 aromatic heterocycles. The summed E-state index contributed by atoms with van der Waals surface area (Å²) in [5.74, 6) is 0.960. The van der Waals surface area contributed by atoms with Crippen molar-refractivity contribution >= 4 is 27.5 Å². The molecule has 3 aromatic carbocycles. The van der Waals surface area contributed by atoms with E-state index in [0.717, 1.165) is 24.8 Å². The highest BCUT2D eigenvalue weighted by atomic mass is 35.5. The number of benzene rings is 3. The molecule has 1 saturated heterocycles. The smallest absolute Gasteiger partial charge is 0.251 e. The molecule has 1 aliphatic rings. The quantitative estimate of drug-likeness (QED) is 0.378. The van der Waals surface area contributed by atoms with Gasteiger partial charge < -0.3 is 14.8 Å². The number of nitrogens with one attached hydrogen (secondary N) is 1. The predicted molar refractivity (Wildman–Crippen MR) is 139 cm³/mol. The molecule has 4 rings (SSSR count). The minimum Gasteiger partial charge on any atom is -0.492 e. The Bertz CT molecular complexity index is 1260. The Hall–Kier alpha value is -3.07. The van der Waals surface area contributed by atoms with E-state index in [9.17, 15) is 13.2 Å². The molecule has 0 spiro atoms. The monoisotopic (exact) mass is 528 g/mol. The number of hydrogen-bond donors (Lipinski definition) is 1. The number of ether oxygens (including phenoxy) is 2. The lowest BCUT2D eigenvalue weighted by Crippen LogP contribution is -2.35. The van der Waals surface area contributed by atoms with E-state index < -0.39 is 10.0 Å². The van der Waals surface area contributed by atoms with E-state index in [4.69, 9.17) is 21.1 Å². The Morgan fingerprint density at radius 2 is 1.50 bits per heavy atom. The van der Waals surface area contributed by atoms with Crippen LogP contribution in [0.2, 0.25) is 5.02 Å². The molecule has 1 N–H and O–H groups in total. The zero-order chi connectivity index (χ0) is 25.4. The molecular formula is C27H29ClN2O5S. The number of halogens is 1. The molecule has 1 amide bonds. The molecule has 3 aromatic rings. The molecule has 1 aliphatic heterocycles. The molecule has 0 bridgehead atoms. The minimum absolute atomic E-state index is 0.223. The first kappa shape index (κ1) is 26.0. The zero-order valence-corrected chi connectivity index (χ0v) is 21.4. The van der Waals surface area contributed by atoms with E-state index >= 15 is 0 Å². The van der Waals surface area contributed by atoms with Gasteiger partial charge in [-0.25, -0.2) is 8.42 Å². The highest BCUT2D eigenvalue weighted by molar-refractivity contribution is 7.89. The van der Waals surface area contributed by atoms with Crippen LogP contribution >= 0.6 is 11.6 Å². The number of carbonyl (C=O) groups is 1. The fourth-order valence-electron chi connectivity index (χ4n) is 3.88. The summed E-state index contributed by atoms with van der Waals surface area (Å²) < 4.78 is 38.4. The van der Waals surface area contributed by atoms with Crippen molar-refractivity contribution in [1.82, 2.24) is 9.62 Å². The number of hydrogen-bond acceptors (Lipinski definition) is 5. The number of piperidine rings is 1. The average Bonchev–Trinajstić information content (AvgIpc) is 2.91. The number of carbonyl (C=O) groups excluding carboxylic acids is 1. The topological polar surface area (TPSA) is 84.9 Å². The Morgan fingerprint density at radius 3 is 2.19 bits per heavy atom. The van der Waals surface area contributed by atoms with Crippen LogP contribution in [0.4, 0.5) is 0 Å². The van der Waals surface area contributed by atoms with Gasteiger partial charge in [0.25, 0.3) is 5.91 Å². The number of nitrogens with zero attached hydrogens (tertiary/aromatic N) is 1. The minimum atomic E-state index is -3.46. The Labute approximate surface area is 217 Å². The highest BCUT2D eigenvalue weighted by Crippen LogP contribution is 2.23. The number of sulfonamides is 1. The third-order valence-electron chi connectivity index (χ3n) is 5.90. The van der Waals surface area contributed by atoms with Gasteiger partial charge in [-0.2, -0.15) is 4.31 Å². The van der Waals surface area contributed by atoms with Crippen molar-refractivity contribution < 1.29 is 22.7 Å². The fraction of sp³-hybridized carbons (Fsp3) is 0.296. The summed E-state index contributed by atoms with van der Waals surface area (Å²) in [4.78, 5) is 12.7. The lowest BCUT2D eigenvalue weighted by molar-refractivity contribution is 0.0947. The normalized spacial score (nSPS) is 14.2. The zero-order valence-electron chi connectivity index (χ0n) is 19.9. The van der Waals surface area contributed by atoms with E-state index in [1.165, 1.54) is 0 Å². The van der Waals surface area contributed by atoms with Gasteiger partial charge in [0.1, 0.15) is 24.7 Å². The average molecular weight is 529 g/mol. The van der Waals surface area contributed by atoms with Crippen LogP contribution in [0.3, 0.4) is 0 Å². The van der Waals surface area contributed by atoms with E-state index in [2.05, 4.69) is 5.32 Å². The summed E-state index contributed by atoms with van der Waals surface area (Å²) >= 11 is 6.14. The molecule has 1 fully saturated rings. The van der Waals surface area contributed by atoms with Gasteiger partial charge in [-0.15, -0.1) is 0 Å². The summed E-state index contributed by atoms with van der Waals surface area (Å²) in [5.41, 5.74) is 1.40. The van der Waals surface area contributed by atoms with E-state index in [0.29, 0.717) is 48.3 Å². The van der Waals surface area contributed by atoms with E-state index in [1.54, 1.807) is 52.8 Å². The third-order valence-corrected chi connectivity index (χ3v) is 8.18. The number of amides is 1. The number of rotatable bonds is 10. The van der Waals surface area contributed by atoms with Crippen molar-refractivity contribution in [2.45, 2.75) is 30.8 Å². The van der Waals surface area contributed by atoms with Gasteiger partial charge >= 0.3 is 0 Å². The van der Waals surface area contributed by atoms with Crippen LogP contribution in [-0.4, -0.2) is 44.9 Å². The van der Waals surface area contributed by atoms with Crippen molar-refractivity contribution in [3.63, 3.8) is 0 Å². The maximum atomic E-state index is 12.7. The first-order valence-electron chi connectivity index (χ1n) is 11.9. The van der Waals surface area contributed by atoms with Crippen LogP contribution < -0.4 is 14.8 Å². The summed E-state index contributed by atoms with van der Waals surface area (Å²) in [6.07, 6.45) is 2.86. The molecular weight excluding hydrogens is 500 g/mol. The lowest BCUT2D eigenvalue weighted by Gasteiger charge is -2.25. The molecule has 36 heavy (non-hydrogen) atoms. The Morgan fingerprint density at radius 1 is 0.861 bits per heavy atom. The molecule has 7 nitrogen and oxygen atoms in total. The highest BCUT2D eigenvalue weighted by Gasteiger charge is 2.25. The standard InChI is InChI=1S/C27H29ClN2O5S/c28-26-7-3-2-6-22(26)20-35-24-10-8-21(9-11-24)27(31)29-16-19-34-23-12-14-25(15-13-23)36(32,33)30-17-4-1-5-18-30/h2-3,6-15H,1,4-5,16-20H2,(H,29,31). The second kappa shape index (κ2) is 12.3. The van der Waals surface area contributed by atoms with Gasteiger partial charge in [-0.3, -0.25) is 4.79 Å². The first-order valence-corrected chi connectivity index (χ1v) is 13.7. The Balaban J connectivity index is 1.20. The molecule has 0 saturated carbocycles. The first-order chi connectivity index (χ1) is 17.4. The predicted octanol–water partition coefficient (Wildman–Crippen LogP) is 4.90. The van der Waals surface area contributed by atoms with E-state index in [-0.39, 0.29) is 17.4 Å².